The second kappa shape index (κ2) is 10.2. The first kappa shape index (κ1) is 23.6. The summed E-state index contributed by atoms with van der Waals surface area (Å²) in [6, 6.07) is 15.8. The Kier molecular flexibility index (Phi) is 6.71. The van der Waals surface area contributed by atoms with Gasteiger partial charge in [0.15, 0.2) is 0 Å². The quantitative estimate of drug-likeness (QED) is 0.423. The summed E-state index contributed by atoms with van der Waals surface area (Å²) in [6.07, 6.45) is 3.72. The monoisotopic (exact) mass is 486 g/mol. The highest BCUT2D eigenvalue weighted by Gasteiger charge is 2.29. The van der Waals surface area contributed by atoms with Crippen molar-refractivity contribution in [3.8, 4) is 11.5 Å². The normalized spacial score (nSPS) is 14.1. The Balaban J connectivity index is 1.37. The molecule has 1 fully saturated rings. The maximum absolute atomic E-state index is 13.2. The Bertz CT molecular complexity index is 1340. The number of fused-ring (bicyclic) bond motifs is 1. The van der Waals surface area contributed by atoms with Crippen LogP contribution in [-0.4, -0.2) is 52.8 Å². The van der Waals surface area contributed by atoms with E-state index in [4.69, 9.17) is 9.47 Å². The molecule has 9 nitrogen and oxygen atoms in total. The van der Waals surface area contributed by atoms with Gasteiger partial charge in [-0.25, -0.2) is 4.98 Å². The summed E-state index contributed by atoms with van der Waals surface area (Å²) in [4.78, 5) is 24.5. The van der Waals surface area contributed by atoms with Crippen LogP contribution in [0.25, 0.3) is 5.78 Å². The van der Waals surface area contributed by atoms with Gasteiger partial charge in [0, 0.05) is 36.7 Å². The fourth-order valence-corrected chi connectivity index (χ4v) is 4.85. The number of hydrogen-bond donors (Lipinski definition) is 1. The van der Waals surface area contributed by atoms with E-state index in [2.05, 4.69) is 37.4 Å². The first-order chi connectivity index (χ1) is 17.6. The van der Waals surface area contributed by atoms with Gasteiger partial charge in [-0.2, -0.15) is 14.6 Å². The average molecular weight is 487 g/mol. The first-order valence-corrected chi connectivity index (χ1v) is 12.1. The van der Waals surface area contributed by atoms with E-state index in [9.17, 15) is 4.79 Å². The molecule has 3 heterocycles. The molecular weight excluding hydrogens is 456 g/mol. The van der Waals surface area contributed by atoms with Crippen molar-refractivity contribution in [2.45, 2.75) is 26.2 Å². The van der Waals surface area contributed by atoms with Gasteiger partial charge >= 0.3 is 0 Å². The number of carbonyl (C=O) groups excluding carboxylic acids is 1. The van der Waals surface area contributed by atoms with Gasteiger partial charge in [-0.15, -0.1) is 0 Å². The summed E-state index contributed by atoms with van der Waals surface area (Å²) in [5.41, 5.74) is 3.84. The highest BCUT2D eigenvalue weighted by molar-refractivity contribution is 5.95. The van der Waals surface area contributed by atoms with Crippen molar-refractivity contribution in [3.05, 3.63) is 71.7 Å². The molecule has 2 aromatic heterocycles. The van der Waals surface area contributed by atoms with Crippen molar-refractivity contribution in [3.63, 3.8) is 0 Å². The van der Waals surface area contributed by atoms with E-state index in [1.54, 1.807) is 20.5 Å². The van der Waals surface area contributed by atoms with Gasteiger partial charge in [-0.1, -0.05) is 36.4 Å². The van der Waals surface area contributed by atoms with Crippen LogP contribution in [0.15, 0.2) is 54.9 Å². The molecule has 1 saturated heterocycles. The highest BCUT2D eigenvalue weighted by atomic mass is 16.5. The Morgan fingerprint density at radius 3 is 2.39 bits per heavy atom. The number of anilines is 2. The van der Waals surface area contributed by atoms with E-state index < -0.39 is 0 Å². The lowest BCUT2D eigenvalue weighted by Gasteiger charge is -2.34. The Hall–Kier alpha value is -4.14. The Labute approximate surface area is 210 Å². The number of ether oxygens (including phenoxy) is 2. The summed E-state index contributed by atoms with van der Waals surface area (Å²) in [6.45, 7) is 3.47. The van der Waals surface area contributed by atoms with E-state index in [1.807, 2.05) is 47.8 Å². The topological polar surface area (TPSA) is 93.9 Å². The molecule has 1 amide bonds. The fourth-order valence-electron chi connectivity index (χ4n) is 4.85. The van der Waals surface area contributed by atoms with E-state index in [-0.39, 0.29) is 11.8 Å². The molecule has 1 N–H and O–H groups in total. The Morgan fingerprint density at radius 2 is 1.72 bits per heavy atom. The third-order valence-electron chi connectivity index (χ3n) is 6.77. The lowest BCUT2D eigenvalue weighted by molar-refractivity contribution is -0.120. The molecule has 2 aromatic carbocycles. The third-order valence-corrected chi connectivity index (χ3v) is 6.77. The van der Waals surface area contributed by atoms with Crippen LogP contribution in [0.3, 0.4) is 0 Å². The molecule has 0 spiro atoms. The highest BCUT2D eigenvalue weighted by Crippen LogP contribution is 2.36. The standard InChI is InChI=1S/C27H30N6O3/c1-18-21(16-19-8-5-4-6-9-19)26(33-27(30-18)28-17-29-33)32-14-12-20(13-15-32)25(34)31-24-22(35-2)10-7-11-23(24)36-3/h4-11,17,20H,12-16H2,1-3H3,(H,31,34). The molecule has 0 atom stereocenters. The van der Waals surface area contributed by atoms with Crippen LogP contribution in [0.4, 0.5) is 11.5 Å². The smallest absolute Gasteiger partial charge is 0.254 e. The predicted octanol–water partition coefficient (Wildman–Crippen LogP) is 3.90. The molecule has 0 radical (unpaired) electrons. The summed E-state index contributed by atoms with van der Waals surface area (Å²) in [5.74, 6) is 2.59. The maximum atomic E-state index is 13.2. The minimum atomic E-state index is -0.123. The molecular formula is C27H30N6O3. The van der Waals surface area contributed by atoms with Crippen molar-refractivity contribution < 1.29 is 14.3 Å². The van der Waals surface area contributed by atoms with Gasteiger partial charge in [0.1, 0.15) is 29.3 Å². The number of aromatic nitrogens is 4. The average Bonchev–Trinajstić information content (AvgIpc) is 3.37. The van der Waals surface area contributed by atoms with Crippen molar-refractivity contribution in [1.82, 2.24) is 19.6 Å². The van der Waals surface area contributed by atoms with Crippen LogP contribution in [0.5, 0.6) is 11.5 Å². The van der Waals surface area contributed by atoms with Crippen molar-refractivity contribution in [2.24, 2.45) is 5.92 Å². The van der Waals surface area contributed by atoms with Gasteiger partial charge in [-0.3, -0.25) is 4.79 Å². The molecule has 0 aliphatic carbocycles. The summed E-state index contributed by atoms with van der Waals surface area (Å²) < 4.78 is 12.7. The minimum Gasteiger partial charge on any atom is -0.494 e. The number of piperidine rings is 1. The van der Waals surface area contributed by atoms with E-state index in [0.717, 1.165) is 36.6 Å². The number of aryl methyl sites for hydroxylation is 1. The summed E-state index contributed by atoms with van der Waals surface area (Å²) >= 11 is 0. The van der Waals surface area contributed by atoms with Crippen LogP contribution < -0.4 is 19.7 Å². The molecule has 0 saturated carbocycles. The van der Waals surface area contributed by atoms with Crippen molar-refractivity contribution in [1.29, 1.82) is 0 Å². The molecule has 36 heavy (non-hydrogen) atoms. The van der Waals surface area contributed by atoms with Gasteiger partial charge in [0.25, 0.3) is 5.78 Å². The van der Waals surface area contributed by atoms with E-state index in [0.29, 0.717) is 35.8 Å². The van der Waals surface area contributed by atoms with Crippen molar-refractivity contribution in [2.75, 3.05) is 37.5 Å². The summed E-state index contributed by atoms with van der Waals surface area (Å²) in [5, 5.41) is 7.52. The van der Waals surface area contributed by atoms with Gasteiger partial charge in [-0.05, 0) is 37.5 Å². The molecule has 9 heteroatoms. The maximum Gasteiger partial charge on any atom is 0.254 e. The predicted molar refractivity (Wildman–Crippen MR) is 138 cm³/mol. The number of rotatable bonds is 7. The number of hydrogen-bond acceptors (Lipinski definition) is 7. The fraction of sp³-hybridized carbons (Fsp3) is 0.333. The second-order valence-electron chi connectivity index (χ2n) is 8.92. The van der Waals surface area contributed by atoms with Gasteiger partial charge in [0.2, 0.25) is 5.91 Å². The molecule has 5 rings (SSSR count). The molecule has 0 unspecified atom stereocenters. The number of amides is 1. The third kappa shape index (κ3) is 4.56. The summed E-state index contributed by atoms with van der Waals surface area (Å²) in [7, 11) is 3.16. The molecule has 1 aliphatic heterocycles. The number of nitrogens with one attached hydrogen (secondary N) is 1. The van der Waals surface area contributed by atoms with Crippen LogP contribution in [-0.2, 0) is 11.2 Å². The van der Waals surface area contributed by atoms with Crippen LogP contribution in [0.1, 0.15) is 29.7 Å². The molecule has 4 aromatic rings. The van der Waals surface area contributed by atoms with Crippen LogP contribution >= 0.6 is 0 Å². The van der Waals surface area contributed by atoms with Crippen LogP contribution in [0.2, 0.25) is 0 Å². The zero-order valence-corrected chi connectivity index (χ0v) is 20.8. The minimum absolute atomic E-state index is 0.0289. The zero-order chi connectivity index (χ0) is 25.1. The molecule has 186 valence electrons. The van der Waals surface area contributed by atoms with Crippen molar-refractivity contribution >= 4 is 23.2 Å². The van der Waals surface area contributed by atoms with Crippen LogP contribution in [0, 0.1) is 12.8 Å². The second-order valence-corrected chi connectivity index (χ2v) is 8.92. The zero-order valence-electron chi connectivity index (χ0n) is 20.8. The lowest BCUT2D eigenvalue weighted by atomic mass is 9.94. The van der Waals surface area contributed by atoms with Gasteiger partial charge < -0.3 is 19.7 Å². The SMILES string of the molecule is COc1cccc(OC)c1NC(=O)C1CCN(c2c(Cc3ccccc3)c(C)nc3ncnn23)CC1. The number of benzene rings is 2. The molecule has 1 aliphatic rings. The number of methoxy groups -OCH3 is 2. The molecule has 0 bridgehead atoms. The Morgan fingerprint density at radius 1 is 1.03 bits per heavy atom. The number of para-hydroxylation sites is 1. The lowest BCUT2D eigenvalue weighted by Crippen LogP contribution is -2.40. The van der Waals surface area contributed by atoms with Gasteiger partial charge in [0.05, 0.1) is 14.2 Å². The van der Waals surface area contributed by atoms with E-state index in [1.165, 1.54) is 5.56 Å². The number of carbonyl (C=O) groups is 1. The van der Waals surface area contributed by atoms with E-state index >= 15 is 0 Å². The number of nitrogens with zero attached hydrogens (tertiary/aromatic N) is 5. The largest absolute Gasteiger partial charge is 0.494 e. The first-order valence-electron chi connectivity index (χ1n) is 12.1.